The van der Waals surface area contributed by atoms with Crippen LogP contribution in [0.2, 0.25) is 15.1 Å². The number of nitrogens with one attached hydrogen (secondary N) is 1. The van der Waals surface area contributed by atoms with Crippen LogP contribution in [0.3, 0.4) is 0 Å². The van der Waals surface area contributed by atoms with Crippen molar-refractivity contribution in [2.24, 2.45) is 5.10 Å². The van der Waals surface area contributed by atoms with Gasteiger partial charge in [-0.15, -0.1) is 0 Å². The van der Waals surface area contributed by atoms with Crippen molar-refractivity contribution in [2.45, 2.75) is 0 Å². The van der Waals surface area contributed by atoms with Crippen LogP contribution in [0, 0.1) is 0 Å². The molecule has 0 atom stereocenters. The second-order valence-corrected chi connectivity index (χ2v) is 6.29. The molecule has 3 aromatic rings. The molecule has 0 fully saturated rings. The number of halogens is 3. The zero-order valence-corrected chi connectivity index (χ0v) is 15.0. The van der Waals surface area contributed by atoms with E-state index in [0.29, 0.717) is 10.0 Å². The quantitative estimate of drug-likeness (QED) is 0.432. The number of aromatic nitrogens is 1. The molecule has 7 heteroatoms. The Kier molecular flexibility index (Phi) is 5.43. The number of anilines is 1. The van der Waals surface area contributed by atoms with Crippen LogP contribution in [0.1, 0.15) is 5.56 Å². The number of benzene rings is 2. The molecule has 1 heterocycles. The lowest BCUT2D eigenvalue weighted by molar-refractivity contribution is 0.475. The van der Waals surface area contributed by atoms with Gasteiger partial charge in [-0.25, -0.2) is 0 Å². The van der Waals surface area contributed by atoms with Gasteiger partial charge in [0.05, 0.1) is 17.4 Å². The molecule has 0 amide bonds. The zero-order chi connectivity index (χ0) is 17.8. The van der Waals surface area contributed by atoms with E-state index in [1.807, 2.05) is 24.3 Å². The summed E-state index contributed by atoms with van der Waals surface area (Å²) in [6.07, 6.45) is 4.29. The maximum absolute atomic E-state index is 9.78. The number of hydrogen-bond acceptors (Lipinski definition) is 4. The number of hydrogen-bond donors (Lipinski definition) is 2. The van der Waals surface area contributed by atoms with Crippen molar-refractivity contribution >= 4 is 46.7 Å². The minimum Gasteiger partial charge on any atom is -0.504 e. The van der Waals surface area contributed by atoms with Crippen molar-refractivity contribution in [3.8, 4) is 16.9 Å². The molecule has 0 saturated heterocycles. The van der Waals surface area contributed by atoms with Crippen molar-refractivity contribution in [2.75, 3.05) is 5.43 Å². The van der Waals surface area contributed by atoms with Crippen LogP contribution < -0.4 is 5.43 Å². The fourth-order valence-electron chi connectivity index (χ4n) is 2.29. The van der Waals surface area contributed by atoms with Crippen molar-refractivity contribution in [3.63, 3.8) is 0 Å². The van der Waals surface area contributed by atoms with E-state index >= 15 is 0 Å². The molecule has 0 aliphatic rings. The van der Waals surface area contributed by atoms with Gasteiger partial charge in [-0.2, -0.15) is 5.10 Å². The molecule has 0 spiro atoms. The van der Waals surface area contributed by atoms with Gasteiger partial charge in [-0.05, 0) is 17.7 Å². The second-order valence-electron chi connectivity index (χ2n) is 5.07. The van der Waals surface area contributed by atoms with Crippen molar-refractivity contribution in [1.82, 2.24) is 4.98 Å². The van der Waals surface area contributed by atoms with E-state index < -0.39 is 0 Å². The number of pyridine rings is 1. The normalized spacial score (nSPS) is 11.0. The van der Waals surface area contributed by atoms with E-state index in [0.717, 1.165) is 16.7 Å². The Morgan fingerprint density at radius 2 is 1.64 bits per heavy atom. The first-order valence-electron chi connectivity index (χ1n) is 7.23. The zero-order valence-electron chi connectivity index (χ0n) is 12.7. The van der Waals surface area contributed by atoms with Crippen LogP contribution in [0.15, 0.2) is 60.0 Å². The molecular weight excluding hydrogens is 381 g/mol. The van der Waals surface area contributed by atoms with Gasteiger partial charge in [-0.1, -0.05) is 65.1 Å². The molecular formula is C18H12Cl3N3O. The van der Waals surface area contributed by atoms with Gasteiger partial charge in [-0.3, -0.25) is 10.4 Å². The van der Waals surface area contributed by atoms with Crippen molar-refractivity contribution in [3.05, 3.63) is 75.5 Å². The first kappa shape index (κ1) is 17.5. The molecule has 2 aromatic carbocycles. The van der Waals surface area contributed by atoms with Gasteiger partial charge in [0.15, 0.2) is 5.75 Å². The Hall–Kier alpha value is -2.27. The molecule has 0 radical (unpaired) electrons. The van der Waals surface area contributed by atoms with Gasteiger partial charge in [0, 0.05) is 27.4 Å². The van der Waals surface area contributed by atoms with Crippen molar-refractivity contribution in [1.29, 1.82) is 0 Å². The highest BCUT2D eigenvalue weighted by atomic mass is 35.5. The Morgan fingerprint density at radius 1 is 0.920 bits per heavy atom. The summed E-state index contributed by atoms with van der Waals surface area (Å²) in [7, 11) is 0. The van der Waals surface area contributed by atoms with Crippen LogP contribution >= 0.6 is 34.8 Å². The average Bonchev–Trinajstić information content (AvgIpc) is 2.58. The van der Waals surface area contributed by atoms with E-state index in [4.69, 9.17) is 34.8 Å². The highest BCUT2D eigenvalue weighted by Crippen LogP contribution is 2.36. The highest BCUT2D eigenvalue weighted by molar-refractivity contribution is 6.39. The maximum atomic E-state index is 9.78. The van der Waals surface area contributed by atoms with Gasteiger partial charge in [0.25, 0.3) is 0 Å². The molecule has 0 aliphatic carbocycles. The average molecular weight is 393 g/mol. The standard InChI is InChI=1S/C18H12Cl3N3O/c19-13-6-3-7-14(20)17(13)12-5-2-1-4-11(12)8-23-24-18-15(21)9-22-10-16(18)25/h1-10,25H,(H,22,24)/b23-8+. The molecule has 3 rings (SSSR count). The molecule has 0 aliphatic heterocycles. The summed E-state index contributed by atoms with van der Waals surface area (Å²) in [5, 5.41) is 15.3. The Morgan fingerprint density at radius 3 is 2.36 bits per heavy atom. The smallest absolute Gasteiger partial charge is 0.160 e. The Bertz CT molecular complexity index is 904. The fourth-order valence-corrected chi connectivity index (χ4v) is 3.09. The Balaban J connectivity index is 1.95. The SMILES string of the molecule is Oc1cncc(Cl)c1N/N=C/c1ccccc1-c1c(Cl)cccc1Cl. The summed E-state index contributed by atoms with van der Waals surface area (Å²) < 4.78 is 0. The molecule has 126 valence electrons. The molecule has 25 heavy (non-hydrogen) atoms. The summed E-state index contributed by atoms with van der Waals surface area (Å²) in [6, 6.07) is 12.9. The van der Waals surface area contributed by atoms with Crippen LogP contribution in [0.5, 0.6) is 5.75 Å². The summed E-state index contributed by atoms with van der Waals surface area (Å²) in [5.74, 6) is -0.0907. The van der Waals surface area contributed by atoms with E-state index in [-0.39, 0.29) is 16.5 Å². The van der Waals surface area contributed by atoms with Crippen molar-refractivity contribution < 1.29 is 5.11 Å². The fraction of sp³-hybridized carbons (Fsp3) is 0. The third kappa shape index (κ3) is 3.87. The van der Waals surface area contributed by atoms with E-state index in [9.17, 15) is 5.11 Å². The maximum Gasteiger partial charge on any atom is 0.160 e. The highest BCUT2D eigenvalue weighted by Gasteiger charge is 2.11. The molecule has 0 saturated carbocycles. The largest absolute Gasteiger partial charge is 0.504 e. The molecule has 2 N–H and O–H groups in total. The predicted molar refractivity (Wildman–Crippen MR) is 104 cm³/mol. The van der Waals surface area contributed by atoms with Gasteiger partial charge in [0.1, 0.15) is 5.69 Å². The minimum absolute atomic E-state index is 0.0907. The number of nitrogens with zero attached hydrogens (tertiary/aromatic N) is 2. The van der Waals surface area contributed by atoms with E-state index in [2.05, 4.69) is 15.5 Å². The summed E-state index contributed by atoms with van der Waals surface area (Å²) >= 11 is 18.6. The third-order valence-electron chi connectivity index (χ3n) is 3.45. The predicted octanol–water partition coefficient (Wildman–Crippen LogP) is 5.86. The first-order valence-corrected chi connectivity index (χ1v) is 8.36. The van der Waals surface area contributed by atoms with Gasteiger partial charge >= 0.3 is 0 Å². The number of hydrazone groups is 1. The lowest BCUT2D eigenvalue weighted by Gasteiger charge is -2.10. The monoisotopic (exact) mass is 391 g/mol. The first-order chi connectivity index (χ1) is 12.1. The van der Waals surface area contributed by atoms with Crippen LogP contribution in [0.25, 0.3) is 11.1 Å². The number of aromatic hydroxyl groups is 1. The summed E-state index contributed by atoms with van der Waals surface area (Å²) in [6.45, 7) is 0. The van der Waals surface area contributed by atoms with Crippen LogP contribution in [0.4, 0.5) is 5.69 Å². The molecule has 0 bridgehead atoms. The summed E-state index contributed by atoms with van der Waals surface area (Å²) in [4.78, 5) is 3.78. The minimum atomic E-state index is -0.0907. The lowest BCUT2D eigenvalue weighted by atomic mass is 10.0. The van der Waals surface area contributed by atoms with E-state index in [1.54, 1.807) is 24.4 Å². The third-order valence-corrected chi connectivity index (χ3v) is 4.37. The van der Waals surface area contributed by atoms with Crippen LogP contribution in [-0.2, 0) is 0 Å². The molecule has 1 aromatic heterocycles. The van der Waals surface area contributed by atoms with Gasteiger partial charge < -0.3 is 5.11 Å². The number of rotatable bonds is 4. The second kappa shape index (κ2) is 7.74. The topological polar surface area (TPSA) is 57.5 Å². The lowest BCUT2D eigenvalue weighted by Crippen LogP contribution is -1.95. The van der Waals surface area contributed by atoms with Crippen LogP contribution in [-0.4, -0.2) is 16.3 Å². The Labute approximate surface area is 159 Å². The summed E-state index contributed by atoms with van der Waals surface area (Å²) in [5.41, 5.74) is 5.37. The molecule has 0 unspecified atom stereocenters. The molecule has 4 nitrogen and oxygen atoms in total. The van der Waals surface area contributed by atoms with Gasteiger partial charge in [0.2, 0.25) is 0 Å². The van der Waals surface area contributed by atoms with E-state index in [1.165, 1.54) is 12.4 Å².